The third-order valence-electron chi connectivity index (χ3n) is 5.73. The quantitative estimate of drug-likeness (QED) is 0.850. The number of ether oxygens (including phenoxy) is 2. The molecule has 1 N–H and O–H groups in total. The van der Waals surface area contributed by atoms with Crippen molar-refractivity contribution >= 4 is 5.91 Å². The van der Waals surface area contributed by atoms with Crippen molar-refractivity contribution in [1.29, 1.82) is 0 Å². The van der Waals surface area contributed by atoms with E-state index in [1.54, 1.807) is 20.4 Å². The predicted molar refractivity (Wildman–Crippen MR) is 104 cm³/mol. The number of likely N-dealkylation sites (tertiary alicyclic amines) is 1. The van der Waals surface area contributed by atoms with Crippen LogP contribution in [0.25, 0.3) is 0 Å². The van der Waals surface area contributed by atoms with E-state index in [4.69, 9.17) is 9.47 Å². The molecule has 2 fully saturated rings. The number of amides is 1. The SMILES string of the molecule is COc1ccc(C2CCCN2C(=O)c2cn(C3CCNCC3)nn2)c(OC)c1. The third kappa shape index (κ3) is 3.56. The molecule has 0 radical (unpaired) electrons. The molecule has 1 amide bonds. The smallest absolute Gasteiger partial charge is 0.276 e. The zero-order chi connectivity index (χ0) is 19.5. The average Bonchev–Trinajstić information content (AvgIpc) is 3.43. The van der Waals surface area contributed by atoms with E-state index in [0.29, 0.717) is 18.3 Å². The van der Waals surface area contributed by atoms with E-state index in [1.807, 2.05) is 27.8 Å². The van der Waals surface area contributed by atoms with Crippen molar-refractivity contribution in [1.82, 2.24) is 25.2 Å². The number of nitrogens with zero attached hydrogens (tertiary/aromatic N) is 4. The number of hydrogen-bond acceptors (Lipinski definition) is 6. The fourth-order valence-corrected chi connectivity index (χ4v) is 4.20. The Balaban J connectivity index is 1.55. The number of rotatable bonds is 5. The van der Waals surface area contributed by atoms with E-state index < -0.39 is 0 Å². The molecule has 4 rings (SSSR count). The summed E-state index contributed by atoms with van der Waals surface area (Å²) in [5.41, 5.74) is 1.41. The Kier molecular flexibility index (Phi) is 5.47. The molecule has 28 heavy (non-hydrogen) atoms. The zero-order valence-electron chi connectivity index (χ0n) is 16.4. The molecule has 2 aromatic rings. The first-order chi connectivity index (χ1) is 13.7. The highest BCUT2D eigenvalue weighted by atomic mass is 16.5. The third-order valence-corrected chi connectivity index (χ3v) is 5.73. The van der Waals surface area contributed by atoms with Crippen molar-refractivity contribution in [2.24, 2.45) is 0 Å². The molecule has 8 heteroatoms. The highest BCUT2D eigenvalue weighted by Crippen LogP contribution is 2.39. The van der Waals surface area contributed by atoms with Gasteiger partial charge in [0.1, 0.15) is 11.5 Å². The van der Waals surface area contributed by atoms with Gasteiger partial charge in [0.05, 0.1) is 32.5 Å². The minimum atomic E-state index is -0.0689. The molecule has 0 aliphatic carbocycles. The zero-order valence-corrected chi connectivity index (χ0v) is 16.4. The van der Waals surface area contributed by atoms with Gasteiger partial charge < -0.3 is 19.7 Å². The van der Waals surface area contributed by atoms with Gasteiger partial charge in [0.25, 0.3) is 5.91 Å². The molecule has 0 spiro atoms. The number of piperidine rings is 1. The summed E-state index contributed by atoms with van der Waals surface area (Å²) in [6.07, 6.45) is 5.67. The van der Waals surface area contributed by atoms with Gasteiger partial charge in [-0.1, -0.05) is 5.21 Å². The Morgan fingerprint density at radius 1 is 1.18 bits per heavy atom. The normalized spacial score (nSPS) is 20.4. The predicted octanol–water partition coefficient (Wildman–Crippen LogP) is 2.20. The van der Waals surface area contributed by atoms with E-state index in [-0.39, 0.29) is 11.9 Å². The highest BCUT2D eigenvalue weighted by molar-refractivity contribution is 5.92. The number of aromatic nitrogens is 3. The monoisotopic (exact) mass is 385 g/mol. The van der Waals surface area contributed by atoms with Crippen LogP contribution in [0.1, 0.15) is 53.8 Å². The number of hydrogen-bond donors (Lipinski definition) is 1. The lowest BCUT2D eigenvalue weighted by atomic mass is 10.0. The number of carbonyl (C=O) groups excluding carboxylic acids is 1. The molecule has 1 atom stereocenters. The van der Waals surface area contributed by atoms with Gasteiger partial charge in [0.15, 0.2) is 5.69 Å². The average molecular weight is 385 g/mol. The Labute approximate surface area is 164 Å². The van der Waals surface area contributed by atoms with Crippen LogP contribution in [-0.4, -0.2) is 59.7 Å². The summed E-state index contributed by atoms with van der Waals surface area (Å²) in [5, 5.41) is 11.8. The first-order valence-corrected chi connectivity index (χ1v) is 9.86. The molecule has 2 aliphatic rings. The van der Waals surface area contributed by atoms with Gasteiger partial charge in [0, 0.05) is 18.2 Å². The molecule has 2 saturated heterocycles. The van der Waals surface area contributed by atoms with Crippen LogP contribution in [-0.2, 0) is 0 Å². The Morgan fingerprint density at radius 3 is 2.75 bits per heavy atom. The van der Waals surface area contributed by atoms with Crippen molar-refractivity contribution in [2.75, 3.05) is 33.9 Å². The van der Waals surface area contributed by atoms with Crippen LogP contribution in [0.3, 0.4) is 0 Å². The molecule has 1 aromatic heterocycles. The highest BCUT2D eigenvalue weighted by Gasteiger charge is 2.34. The second kappa shape index (κ2) is 8.18. The molecule has 3 heterocycles. The molecular formula is C20H27N5O3. The maximum atomic E-state index is 13.2. The lowest BCUT2D eigenvalue weighted by molar-refractivity contribution is 0.0728. The van der Waals surface area contributed by atoms with Gasteiger partial charge >= 0.3 is 0 Å². The van der Waals surface area contributed by atoms with E-state index in [1.165, 1.54) is 0 Å². The topological polar surface area (TPSA) is 81.5 Å². The Hall–Kier alpha value is -2.61. The fraction of sp³-hybridized carbons (Fsp3) is 0.550. The number of methoxy groups -OCH3 is 2. The van der Waals surface area contributed by atoms with E-state index in [2.05, 4.69) is 15.6 Å². The van der Waals surface area contributed by atoms with E-state index >= 15 is 0 Å². The van der Waals surface area contributed by atoms with Crippen molar-refractivity contribution in [2.45, 2.75) is 37.8 Å². The standard InChI is InChI=1S/C20H27N5O3/c1-27-15-5-6-16(19(12-15)28-2)18-4-3-11-24(18)20(26)17-13-25(23-22-17)14-7-9-21-10-8-14/h5-6,12-14,18,21H,3-4,7-11H2,1-2H3. The van der Waals surface area contributed by atoms with Gasteiger partial charge in [-0.25, -0.2) is 4.68 Å². The summed E-state index contributed by atoms with van der Waals surface area (Å²) in [5.74, 6) is 1.41. The lowest BCUT2D eigenvalue weighted by Gasteiger charge is -2.26. The minimum absolute atomic E-state index is 0.0302. The van der Waals surface area contributed by atoms with Crippen molar-refractivity contribution in [3.8, 4) is 11.5 Å². The van der Waals surface area contributed by atoms with E-state index in [0.717, 1.165) is 55.8 Å². The van der Waals surface area contributed by atoms with Crippen molar-refractivity contribution in [3.63, 3.8) is 0 Å². The summed E-state index contributed by atoms with van der Waals surface area (Å²) in [4.78, 5) is 15.1. The van der Waals surface area contributed by atoms with Gasteiger partial charge in [-0.2, -0.15) is 0 Å². The second-order valence-electron chi connectivity index (χ2n) is 7.33. The molecule has 0 saturated carbocycles. The molecule has 1 aromatic carbocycles. The van der Waals surface area contributed by atoms with Gasteiger partial charge in [-0.05, 0) is 50.9 Å². The summed E-state index contributed by atoms with van der Waals surface area (Å²) in [7, 11) is 3.27. The lowest BCUT2D eigenvalue weighted by Crippen LogP contribution is -2.31. The first-order valence-electron chi connectivity index (χ1n) is 9.86. The van der Waals surface area contributed by atoms with Crippen molar-refractivity contribution < 1.29 is 14.3 Å². The summed E-state index contributed by atoms with van der Waals surface area (Å²) in [6, 6.07) is 6.04. The number of benzene rings is 1. The number of nitrogens with one attached hydrogen (secondary N) is 1. The van der Waals surface area contributed by atoms with E-state index in [9.17, 15) is 4.79 Å². The van der Waals surface area contributed by atoms with Crippen LogP contribution in [0.15, 0.2) is 24.4 Å². The second-order valence-corrected chi connectivity index (χ2v) is 7.33. The molecule has 0 bridgehead atoms. The van der Waals surface area contributed by atoms with Gasteiger partial charge in [-0.15, -0.1) is 5.10 Å². The summed E-state index contributed by atoms with van der Waals surface area (Å²) >= 11 is 0. The van der Waals surface area contributed by atoms with Crippen LogP contribution >= 0.6 is 0 Å². The van der Waals surface area contributed by atoms with Crippen LogP contribution in [0.4, 0.5) is 0 Å². The molecule has 8 nitrogen and oxygen atoms in total. The molecule has 1 unspecified atom stereocenters. The number of carbonyl (C=O) groups is 1. The van der Waals surface area contributed by atoms with Crippen LogP contribution in [0.2, 0.25) is 0 Å². The first kappa shape index (κ1) is 18.7. The maximum Gasteiger partial charge on any atom is 0.276 e. The molecular weight excluding hydrogens is 358 g/mol. The minimum Gasteiger partial charge on any atom is -0.497 e. The Morgan fingerprint density at radius 2 is 2.00 bits per heavy atom. The van der Waals surface area contributed by atoms with Crippen molar-refractivity contribution in [3.05, 3.63) is 35.7 Å². The fourth-order valence-electron chi connectivity index (χ4n) is 4.20. The Bertz CT molecular complexity index is 831. The summed E-state index contributed by atoms with van der Waals surface area (Å²) in [6.45, 7) is 2.65. The molecule has 150 valence electrons. The van der Waals surface area contributed by atoms with Crippen LogP contribution in [0, 0.1) is 0 Å². The van der Waals surface area contributed by atoms with Gasteiger partial charge in [0.2, 0.25) is 0 Å². The van der Waals surface area contributed by atoms with Crippen LogP contribution in [0.5, 0.6) is 11.5 Å². The molecule has 2 aliphatic heterocycles. The largest absolute Gasteiger partial charge is 0.497 e. The van der Waals surface area contributed by atoms with Gasteiger partial charge in [-0.3, -0.25) is 4.79 Å². The van der Waals surface area contributed by atoms with Crippen LogP contribution < -0.4 is 14.8 Å². The maximum absolute atomic E-state index is 13.2. The summed E-state index contributed by atoms with van der Waals surface area (Å²) < 4.78 is 12.7.